The summed E-state index contributed by atoms with van der Waals surface area (Å²) >= 11 is 6.66. The lowest BCUT2D eigenvalue weighted by Crippen LogP contribution is -1.94. The van der Waals surface area contributed by atoms with Crippen LogP contribution >= 0.6 is 31.9 Å². The number of benzene rings is 2. The first-order valence-corrected chi connectivity index (χ1v) is 6.89. The van der Waals surface area contributed by atoms with Gasteiger partial charge in [0.25, 0.3) is 0 Å². The first-order valence-electron chi connectivity index (χ1n) is 5.30. The molecular weight excluding hydrogens is 370 g/mol. The summed E-state index contributed by atoms with van der Waals surface area (Å²) < 4.78 is 1.58. The summed E-state index contributed by atoms with van der Waals surface area (Å²) in [6.07, 6.45) is 0. The summed E-state index contributed by atoms with van der Waals surface area (Å²) in [5.74, 6) is 0. The van der Waals surface area contributed by atoms with Crippen LogP contribution in [0.3, 0.4) is 0 Å². The highest BCUT2D eigenvalue weighted by Crippen LogP contribution is 2.27. The van der Waals surface area contributed by atoms with Crippen LogP contribution in [-0.2, 0) is 0 Å². The molecule has 0 aliphatic heterocycles. The number of nitrogens with one attached hydrogen (secondary N) is 1. The molecule has 0 bridgehead atoms. The maximum absolute atomic E-state index is 9.09. The molecule has 3 nitrogen and oxygen atoms in total. The molecule has 0 unspecified atom stereocenters. The lowest BCUT2D eigenvalue weighted by atomic mass is 10.1. The molecule has 0 fully saturated rings. The van der Waals surface area contributed by atoms with Crippen LogP contribution in [0.2, 0.25) is 0 Å². The Balaban J connectivity index is 2.35. The second kappa shape index (κ2) is 5.88. The molecule has 0 aromatic heterocycles. The van der Waals surface area contributed by atoms with Crippen LogP contribution in [0.4, 0.5) is 11.4 Å². The van der Waals surface area contributed by atoms with Gasteiger partial charge in [0.15, 0.2) is 0 Å². The summed E-state index contributed by atoms with van der Waals surface area (Å²) in [7, 11) is 0. The van der Waals surface area contributed by atoms with E-state index in [0.717, 1.165) is 20.3 Å². The highest BCUT2D eigenvalue weighted by atomic mass is 79.9. The first kappa shape index (κ1) is 13.6. The van der Waals surface area contributed by atoms with Gasteiger partial charge in [-0.05, 0) is 52.3 Å². The zero-order valence-corrected chi connectivity index (χ0v) is 12.8. The Bertz CT molecular complexity index is 712. The number of anilines is 2. The molecule has 0 amide bonds. The number of hydrogen-bond acceptors (Lipinski definition) is 3. The molecule has 0 saturated heterocycles. The van der Waals surface area contributed by atoms with E-state index in [2.05, 4.69) is 49.3 Å². The van der Waals surface area contributed by atoms with Gasteiger partial charge in [-0.2, -0.15) is 10.5 Å². The molecule has 0 saturated carbocycles. The van der Waals surface area contributed by atoms with E-state index in [1.165, 1.54) is 0 Å². The monoisotopic (exact) mass is 375 g/mol. The molecule has 0 spiro atoms. The normalized spacial score (nSPS) is 9.47. The first-order chi connectivity index (χ1) is 9.13. The van der Waals surface area contributed by atoms with E-state index in [1.54, 1.807) is 18.2 Å². The van der Waals surface area contributed by atoms with E-state index in [9.17, 15) is 0 Å². The van der Waals surface area contributed by atoms with Gasteiger partial charge in [0.1, 0.15) is 12.1 Å². The predicted octanol–water partition coefficient (Wildman–Crippen LogP) is 4.70. The summed E-state index contributed by atoms with van der Waals surface area (Å²) in [4.78, 5) is 0. The van der Waals surface area contributed by atoms with E-state index in [0.29, 0.717) is 11.1 Å². The zero-order valence-electron chi connectivity index (χ0n) is 9.61. The van der Waals surface area contributed by atoms with E-state index in [-0.39, 0.29) is 0 Å². The molecule has 0 radical (unpaired) electrons. The van der Waals surface area contributed by atoms with Crippen LogP contribution in [0, 0.1) is 22.7 Å². The summed E-state index contributed by atoms with van der Waals surface area (Å²) in [5.41, 5.74) is 2.66. The average Bonchev–Trinajstić information content (AvgIpc) is 2.41. The quantitative estimate of drug-likeness (QED) is 0.826. The number of rotatable bonds is 2. The van der Waals surface area contributed by atoms with Crippen LogP contribution in [-0.4, -0.2) is 0 Å². The minimum atomic E-state index is 0.551. The standard InChI is InChI=1S/C14H7Br2N3/c15-11-2-4-14(10(5-11)8-18)19-12-3-1-9(7-17)13(16)6-12/h1-6,19H. The van der Waals surface area contributed by atoms with Gasteiger partial charge in [-0.25, -0.2) is 0 Å². The van der Waals surface area contributed by atoms with Crippen molar-refractivity contribution in [1.82, 2.24) is 0 Å². The Hall–Kier alpha value is -1.82. The van der Waals surface area contributed by atoms with Crippen molar-refractivity contribution in [2.75, 3.05) is 5.32 Å². The Kier molecular flexibility index (Phi) is 4.21. The molecule has 2 aromatic carbocycles. The maximum Gasteiger partial charge on any atom is 0.101 e. The van der Waals surface area contributed by atoms with Crippen molar-refractivity contribution in [1.29, 1.82) is 10.5 Å². The summed E-state index contributed by atoms with van der Waals surface area (Å²) in [5, 5.41) is 21.1. The minimum absolute atomic E-state index is 0.551. The average molecular weight is 377 g/mol. The molecule has 5 heteroatoms. The molecular formula is C14H7Br2N3. The van der Waals surface area contributed by atoms with Crippen LogP contribution in [0.15, 0.2) is 45.3 Å². The van der Waals surface area contributed by atoms with Crippen molar-refractivity contribution < 1.29 is 0 Å². The minimum Gasteiger partial charge on any atom is -0.354 e. The van der Waals surface area contributed by atoms with E-state index < -0.39 is 0 Å². The van der Waals surface area contributed by atoms with Crippen LogP contribution in [0.5, 0.6) is 0 Å². The van der Waals surface area contributed by atoms with Crippen molar-refractivity contribution in [2.45, 2.75) is 0 Å². The molecule has 1 N–H and O–H groups in total. The number of halogens is 2. The Morgan fingerprint density at radius 3 is 2.26 bits per heavy atom. The molecule has 2 aromatic rings. The van der Waals surface area contributed by atoms with Gasteiger partial charge < -0.3 is 5.32 Å². The highest BCUT2D eigenvalue weighted by Gasteiger charge is 2.05. The number of nitriles is 2. The van der Waals surface area contributed by atoms with Gasteiger partial charge in [-0.15, -0.1) is 0 Å². The van der Waals surface area contributed by atoms with E-state index in [4.69, 9.17) is 10.5 Å². The van der Waals surface area contributed by atoms with Crippen molar-refractivity contribution in [3.63, 3.8) is 0 Å². The lowest BCUT2D eigenvalue weighted by Gasteiger charge is -2.09. The van der Waals surface area contributed by atoms with Gasteiger partial charge in [-0.1, -0.05) is 15.9 Å². The largest absolute Gasteiger partial charge is 0.354 e. The van der Waals surface area contributed by atoms with Crippen LogP contribution in [0.25, 0.3) is 0 Å². The molecule has 19 heavy (non-hydrogen) atoms. The Morgan fingerprint density at radius 1 is 0.895 bits per heavy atom. The second-order valence-electron chi connectivity index (χ2n) is 3.73. The Morgan fingerprint density at radius 2 is 1.63 bits per heavy atom. The second-order valence-corrected chi connectivity index (χ2v) is 5.50. The molecule has 0 aliphatic carbocycles. The third kappa shape index (κ3) is 3.14. The fourth-order valence-corrected chi connectivity index (χ4v) is 2.39. The van der Waals surface area contributed by atoms with E-state index in [1.807, 2.05) is 18.2 Å². The van der Waals surface area contributed by atoms with E-state index >= 15 is 0 Å². The fourth-order valence-electron chi connectivity index (χ4n) is 1.56. The molecule has 0 aliphatic rings. The summed E-state index contributed by atoms with van der Waals surface area (Å²) in [6.45, 7) is 0. The Labute approximate surface area is 127 Å². The van der Waals surface area contributed by atoms with Gasteiger partial charge in [0, 0.05) is 14.6 Å². The molecule has 92 valence electrons. The number of nitrogens with zero attached hydrogens (tertiary/aromatic N) is 2. The fraction of sp³-hybridized carbons (Fsp3) is 0. The smallest absolute Gasteiger partial charge is 0.101 e. The van der Waals surface area contributed by atoms with Gasteiger partial charge in [0.05, 0.1) is 16.8 Å². The molecule has 0 heterocycles. The molecule has 2 rings (SSSR count). The third-order valence-corrected chi connectivity index (χ3v) is 3.62. The predicted molar refractivity (Wildman–Crippen MR) is 81.0 cm³/mol. The molecule has 0 atom stereocenters. The SMILES string of the molecule is N#Cc1ccc(Nc2ccc(Br)cc2C#N)cc1Br. The topological polar surface area (TPSA) is 59.6 Å². The van der Waals surface area contributed by atoms with Crippen molar-refractivity contribution in [3.05, 3.63) is 56.5 Å². The lowest BCUT2D eigenvalue weighted by molar-refractivity contribution is 1.43. The maximum atomic E-state index is 9.09. The zero-order chi connectivity index (χ0) is 13.8. The van der Waals surface area contributed by atoms with Gasteiger partial charge in [0.2, 0.25) is 0 Å². The van der Waals surface area contributed by atoms with Gasteiger partial charge >= 0.3 is 0 Å². The highest BCUT2D eigenvalue weighted by molar-refractivity contribution is 9.10. The van der Waals surface area contributed by atoms with Crippen LogP contribution < -0.4 is 5.32 Å². The van der Waals surface area contributed by atoms with Crippen molar-refractivity contribution in [2.24, 2.45) is 0 Å². The summed E-state index contributed by atoms with van der Waals surface area (Å²) in [6, 6.07) is 15.0. The van der Waals surface area contributed by atoms with Crippen LogP contribution in [0.1, 0.15) is 11.1 Å². The van der Waals surface area contributed by atoms with Gasteiger partial charge in [-0.3, -0.25) is 0 Å². The third-order valence-electron chi connectivity index (χ3n) is 2.47. The number of hydrogen-bond donors (Lipinski definition) is 1. The van der Waals surface area contributed by atoms with Crippen molar-refractivity contribution >= 4 is 43.2 Å². The van der Waals surface area contributed by atoms with Crippen molar-refractivity contribution in [3.8, 4) is 12.1 Å².